The van der Waals surface area contributed by atoms with Crippen LogP contribution in [-0.4, -0.2) is 48.1 Å². The molecule has 0 saturated heterocycles. The lowest BCUT2D eigenvalue weighted by molar-refractivity contribution is -0.164. The van der Waals surface area contributed by atoms with E-state index >= 15 is 0 Å². The maximum Gasteiger partial charge on any atom is 0.397 e. The minimum absolute atomic E-state index is 0.0511. The highest BCUT2D eigenvalue weighted by atomic mass is 79.9. The molecule has 23 heavy (non-hydrogen) atoms. The molecule has 0 fully saturated rings. The molecule has 1 heterocycles. The highest BCUT2D eigenvalue weighted by Crippen LogP contribution is 2.37. The number of carboxylic acids is 1. The van der Waals surface area contributed by atoms with Crippen LogP contribution in [0.25, 0.3) is 0 Å². The molecule has 1 amide bonds. The predicted octanol–water partition coefficient (Wildman–Crippen LogP) is 1.53. The number of hydrogen-bond donors (Lipinski definition) is 1. The molecule has 2 rings (SSSR count). The number of carboxylic acid groups (broad SMARTS) is 1. The van der Waals surface area contributed by atoms with Gasteiger partial charge in [0.2, 0.25) is 0 Å². The van der Waals surface area contributed by atoms with E-state index in [1.807, 2.05) is 0 Å². The molecule has 1 atom stereocenters. The molecule has 0 aromatic heterocycles. The van der Waals surface area contributed by atoms with E-state index in [-0.39, 0.29) is 13.2 Å². The summed E-state index contributed by atoms with van der Waals surface area (Å²) in [6.45, 7) is 1.75. The fourth-order valence-electron chi connectivity index (χ4n) is 2.57. The second-order valence-electron chi connectivity index (χ2n) is 4.90. The summed E-state index contributed by atoms with van der Waals surface area (Å²) in [5.41, 5.74) is 1.22. The Morgan fingerprint density at radius 2 is 2.09 bits per heavy atom. The molecule has 8 heteroatoms. The van der Waals surface area contributed by atoms with Gasteiger partial charge < -0.3 is 19.5 Å². The number of esters is 1. The zero-order valence-electron chi connectivity index (χ0n) is 12.7. The van der Waals surface area contributed by atoms with Crippen LogP contribution in [0.15, 0.2) is 16.6 Å². The molecule has 0 aliphatic carbocycles. The smallest absolute Gasteiger partial charge is 0.397 e. The van der Waals surface area contributed by atoms with Crippen molar-refractivity contribution >= 4 is 33.8 Å². The second kappa shape index (κ2) is 6.99. The SMILES string of the molecule is CCOC(=O)C(=O)N1CCc2cc(OC)c(Br)cc2C1C(=O)O. The number of amides is 1. The summed E-state index contributed by atoms with van der Waals surface area (Å²) < 4.78 is 10.5. The number of methoxy groups -OCH3 is 1. The first-order valence-corrected chi connectivity index (χ1v) is 7.76. The lowest BCUT2D eigenvalue weighted by Gasteiger charge is -2.34. The Bertz CT molecular complexity index is 660. The van der Waals surface area contributed by atoms with Crippen molar-refractivity contribution in [2.24, 2.45) is 0 Å². The summed E-state index contributed by atoms with van der Waals surface area (Å²) >= 11 is 3.31. The predicted molar refractivity (Wildman–Crippen MR) is 83.1 cm³/mol. The van der Waals surface area contributed by atoms with Gasteiger partial charge in [0, 0.05) is 6.54 Å². The van der Waals surface area contributed by atoms with Gasteiger partial charge in [-0.15, -0.1) is 0 Å². The summed E-state index contributed by atoms with van der Waals surface area (Å²) in [4.78, 5) is 36.5. The molecule has 1 aliphatic heterocycles. The van der Waals surface area contributed by atoms with Gasteiger partial charge in [-0.25, -0.2) is 9.59 Å². The molecular weight excluding hydrogens is 370 g/mol. The van der Waals surface area contributed by atoms with E-state index in [9.17, 15) is 19.5 Å². The number of carbonyl (C=O) groups is 3. The first kappa shape index (κ1) is 17.3. The van der Waals surface area contributed by atoms with Crippen LogP contribution < -0.4 is 4.74 Å². The van der Waals surface area contributed by atoms with Crippen LogP contribution in [0.5, 0.6) is 5.75 Å². The molecule has 1 N–H and O–H groups in total. The molecule has 0 radical (unpaired) electrons. The van der Waals surface area contributed by atoms with Gasteiger partial charge in [-0.1, -0.05) is 0 Å². The lowest BCUT2D eigenvalue weighted by Crippen LogP contribution is -2.46. The van der Waals surface area contributed by atoms with Crippen molar-refractivity contribution < 1.29 is 29.0 Å². The Labute approximate surface area is 141 Å². The average molecular weight is 386 g/mol. The largest absolute Gasteiger partial charge is 0.496 e. The normalized spacial score (nSPS) is 16.5. The monoisotopic (exact) mass is 385 g/mol. The number of carbonyl (C=O) groups excluding carboxylic acids is 2. The minimum Gasteiger partial charge on any atom is -0.496 e. The van der Waals surface area contributed by atoms with Crippen molar-refractivity contribution in [3.8, 4) is 5.75 Å². The van der Waals surface area contributed by atoms with Crippen molar-refractivity contribution in [2.45, 2.75) is 19.4 Å². The number of halogens is 1. The number of ether oxygens (including phenoxy) is 2. The molecule has 124 valence electrons. The third-order valence-electron chi connectivity index (χ3n) is 3.59. The van der Waals surface area contributed by atoms with Crippen LogP contribution in [-0.2, 0) is 25.5 Å². The first-order chi connectivity index (χ1) is 10.9. The second-order valence-corrected chi connectivity index (χ2v) is 5.75. The number of benzene rings is 1. The van der Waals surface area contributed by atoms with Crippen molar-refractivity contribution in [2.75, 3.05) is 20.3 Å². The van der Waals surface area contributed by atoms with Crippen molar-refractivity contribution in [1.29, 1.82) is 0 Å². The van der Waals surface area contributed by atoms with Crippen LogP contribution >= 0.6 is 15.9 Å². The summed E-state index contributed by atoms with van der Waals surface area (Å²) in [7, 11) is 1.51. The van der Waals surface area contributed by atoms with E-state index in [2.05, 4.69) is 20.7 Å². The summed E-state index contributed by atoms with van der Waals surface area (Å²) in [5.74, 6) is -2.62. The highest BCUT2D eigenvalue weighted by molar-refractivity contribution is 9.10. The number of fused-ring (bicyclic) bond motifs is 1. The van der Waals surface area contributed by atoms with Gasteiger partial charge in [-0.3, -0.25) is 4.79 Å². The zero-order valence-corrected chi connectivity index (χ0v) is 14.3. The Morgan fingerprint density at radius 1 is 1.39 bits per heavy atom. The Kier molecular flexibility index (Phi) is 5.25. The highest BCUT2D eigenvalue weighted by Gasteiger charge is 2.39. The fraction of sp³-hybridized carbons (Fsp3) is 0.400. The van der Waals surface area contributed by atoms with Crippen molar-refractivity contribution in [3.63, 3.8) is 0 Å². The molecule has 1 aromatic carbocycles. The van der Waals surface area contributed by atoms with Gasteiger partial charge in [-0.05, 0) is 52.5 Å². The lowest BCUT2D eigenvalue weighted by atomic mass is 9.92. The fourth-order valence-corrected chi connectivity index (χ4v) is 3.09. The van der Waals surface area contributed by atoms with E-state index in [4.69, 9.17) is 4.74 Å². The van der Waals surface area contributed by atoms with E-state index in [0.29, 0.717) is 22.2 Å². The average Bonchev–Trinajstić information content (AvgIpc) is 2.52. The summed E-state index contributed by atoms with van der Waals surface area (Å²) in [6.07, 6.45) is 0.425. The van der Waals surface area contributed by atoms with Gasteiger partial charge in [0.25, 0.3) is 0 Å². The van der Waals surface area contributed by atoms with Crippen molar-refractivity contribution in [1.82, 2.24) is 4.90 Å². The van der Waals surface area contributed by atoms with Crippen molar-refractivity contribution in [3.05, 3.63) is 27.7 Å². The van der Waals surface area contributed by atoms with Crippen LogP contribution in [0.4, 0.5) is 0 Å². The van der Waals surface area contributed by atoms with E-state index in [1.165, 1.54) is 7.11 Å². The third kappa shape index (κ3) is 3.31. The molecule has 1 aliphatic rings. The van der Waals surface area contributed by atoms with Gasteiger partial charge in [0.1, 0.15) is 5.75 Å². The van der Waals surface area contributed by atoms with E-state index in [1.54, 1.807) is 19.1 Å². The number of hydrogen-bond acceptors (Lipinski definition) is 5. The van der Waals surface area contributed by atoms with Crippen LogP contribution in [0.2, 0.25) is 0 Å². The number of aliphatic carboxylic acids is 1. The standard InChI is InChI=1S/C15H16BrNO6/c1-3-23-15(21)13(18)17-5-4-8-6-11(22-2)10(16)7-9(8)12(17)14(19)20/h6-7,12H,3-5H2,1-2H3,(H,19,20). The minimum atomic E-state index is -1.24. The topological polar surface area (TPSA) is 93.1 Å². The maximum absolute atomic E-state index is 12.2. The van der Waals surface area contributed by atoms with E-state index < -0.39 is 23.9 Å². The molecule has 0 saturated carbocycles. The Morgan fingerprint density at radius 3 is 2.65 bits per heavy atom. The maximum atomic E-state index is 12.2. The molecule has 0 spiro atoms. The molecule has 1 aromatic rings. The number of rotatable bonds is 3. The van der Waals surface area contributed by atoms with Gasteiger partial charge >= 0.3 is 17.8 Å². The quantitative estimate of drug-likeness (QED) is 0.626. The summed E-state index contributed by atoms with van der Waals surface area (Å²) in [6, 6.07) is 2.11. The van der Waals surface area contributed by atoms with Gasteiger partial charge in [0.05, 0.1) is 18.2 Å². The Balaban J connectivity index is 2.43. The molecule has 0 bridgehead atoms. The van der Waals surface area contributed by atoms with E-state index in [0.717, 1.165) is 10.5 Å². The van der Waals surface area contributed by atoms with Gasteiger partial charge in [0.15, 0.2) is 6.04 Å². The van der Waals surface area contributed by atoms with Crippen LogP contribution in [0, 0.1) is 0 Å². The zero-order chi connectivity index (χ0) is 17.1. The van der Waals surface area contributed by atoms with Crippen LogP contribution in [0.3, 0.4) is 0 Å². The molecule has 1 unspecified atom stereocenters. The van der Waals surface area contributed by atoms with Gasteiger partial charge in [-0.2, -0.15) is 0 Å². The molecular formula is C15H16BrNO6. The molecule has 7 nitrogen and oxygen atoms in total. The third-order valence-corrected chi connectivity index (χ3v) is 4.21. The van der Waals surface area contributed by atoms with Crippen LogP contribution in [0.1, 0.15) is 24.1 Å². The Hall–Kier alpha value is -2.09. The number of nitrogens with zero attached hydrogens (tertiary/aromatic N) is 1. The first-order valence-electron chi connectivity index (χ1n) is 6.97. The summed E-state index contributed by atoms with van der Waals surface area (Å²) in [5, 5.41) is 9.54.